The highest BCUT2D eigenvalue weighted by Gasteiger charge is 2.34. The molecular formula is C13H20N4O. The highest BCUT2D eigenvalue weighted by molar-refractivity contribution is 5.92. The summed E-state index contributed by atoms with van der Waals surface area (Å²) in [5.41, 5.74) is 1.53. The van der Waals surface area contributed by atoms with Crippen LogP contribution in [0.25, 0.3) is 0 Å². The molecule has 2 fully saturated rings. The van der Waals surface area contributed by atoms with E-state index in [1.54, 1.807) is 4.68 Å². The lowest BCUT2D eigenvalue weighted by Gasteiger charge is -2.29. The van der Waals surface area contributed by atoms with Gasteiger partial charge in [0.15, 0.2) is 0 Å². The molecule has 0 saturated carbocycles. The number of aromatic nitrogens is 2. The SMILES string of the molecule is Cc1cc(C(=O)NC2CC3CCC(C2)N3)nn1C. The minimum atomic E-state index is -0.0370. The molecule has 2 aliphatic rings. The fourth-order valence-corrected chi connectivity index (χ4v) is 3.11. The quantitative estimate of drug-likeness (QED) is 0.811. The number of hydrogen-bond donors (Lipinski definition) is 2. The van der Waals surface area contributed by atoms with E-state index in [-0.39, 0.29) is 5.91 Å². The average molecular weight is 248 g/mol. The van der Waals surface area contributed by atoms with Gasteiger partial charge in [0.05, 0.1) is 0 Å². The molecule has 5 heteroatoms. The van der Waals surface area contributed by atoms with Gasteiger partial charge in [0, 0.05) is 30.9 Å². The maximum Gasteiger partial charge on any atom is 0.272 e. The van der Waals surface area contributed by atoms with Gasteiger partial charge in [-0.1, -0.05) is 0 Å². The van der Waals surface area contributed by atoms with Crippen LogP contribution in [0.1, 0.15) is 41.9 Å². The van der Waals surface area contributed by atoms with Crippen molar-refractivity contribution >= 4 is 5.91 Å². The van der Waals surface area contributed by atoms with Gasteiger partial charge in [-0.2, -0.15) is 5.10 Å². The van der Waals surface area contributed by atoms with Crippen LogP contribution in [0.2, 0.25) is 0 Å². The molecule has 0 spiro atoms. The smallest absolute Gasteiger partial charge is 0.272 e. The number of aryl methyl sites for hydroxylation is 2. The van der Waals surface area contributed by atoms with Crippen LogP contribution in [0, 0.1) is 6.92 Å². The second kappa shape index (κ2) is 4.39. The molecule has 1 aromatic rings. The van der Waals surface area contributed by atoms with Crippen molar-refractivity contribution in [2.24, 2.45) is 7.05 Å². The molecule has 0 aromatic carbocycles. The minimum Gasteiger partial charge on any atom is -0.348 e. The predicted molar refractivity (Wildman–Crippen MR) is 68.4 cm³/mol. The highest BCUT2D eigenvalue weighted by atomic mass is 16.2. The number of amides is 1. The van der Waals surface area contributed by atoms with E-state index < -0.39 is 0 Å². The Hall–Kier alpha value is -1.36. The van der Waals surface area contributed by atoms with Crippen molar-refractivity contribution in [3.8, 4) is 0 Å². The van der Waals surface area contributed by atoms with E-state index in [2.05, 4.69) is 15.7 Å². The molecule has 98 valence electrons. The summed E-state index contributed by atoms with van der Waals surface area (Å²) < 4.78 is 1.74. The Kier molecular flexibility index (Phi) is 2.86. The molecule has 3 rings (SSSR count). The molecular weight excluding hydrogens is 228 g/mol. The van der Waals surface area contributed by atoms with E-state index >= 15 is 0 Å². The van der Waals surface area contributed by atoms with Crippen LogP contribution in [0.3, 0.4) is 0 Å². The van der Waals surface area contributed by atoms with Crippen molar-refractivity contribution in [2.45, 2.75) is 50.7 Å². The number of piperidine rings is 1. The molecule has 3 heterocycles. The van der Waals surface area contributed by atoms with Crippen molar-refractivity contribution in [1.82, 2.24) is 20.4 Å². The van der Waals surface area contributed by atoms with E-state index in [4.69, 9.17) is 0 Å². The standard InChI is InChI=1S/C13H20N4O/c1-8-5-12(16-17(8)2)13(18)15-11-6-9-3-4-10(7-11)14-9/h5,9-11,14H,3-4,6-7H2,1-2H3,(H,15,18). The van der Waals surface area contributed by atoms with Gasteiger partial charge in [-0.25, -0.2) is 0 Å². The first-order chi connectivity index (χ1) is 8.61. The molecule has 0 radical (unpaired) electrons. The number of carbonyl (C=O) groups excluding carboxylic acids is 1. The molecule has 2 atom stereocenters. The molecule has 5 nitrogen and oxygen atoms in total. The number of nitrogens with zero attached hydrogens (tertiary/aromatic N) is 2. The summed E-state index contributed by atoms with van der Waals surface area (Å²) in [6, 6.07) is 3.34. The van der Waals surface area contributed by atoms with Crippen LogP contribution in [-0.4, -0.2) is 33.8 Å². The fourth-order valence-electron chi connectivity index (χ4n) is 3.11. The Balaban J connectivity index is 1.64. The first-order valence-corrected chi connectivity index (χ1v) is 6.69. The zero-order valence-electron chi connectivity index (χ0n) is 10.9. The largest absolute Gasteiger partial charge is 0.348 e. The second-order valence-electron chi connectivity index (χ2n) is 5.57. The maximum absolute atomic E-state index is 12.1. The third-order valence-electron chi connectivity index (χ3n) is 4.15. The molecule has 0 aliphatic carbocycles. The Morgan fingerprint density at radius 3 is 2.67 bits per heavy atom. The van der Waals surface area contributed by atoms with Crippen LogP contribution >= 0.6 is 0 Å². The third-order valence-corrected chi connectivity index (χ3v) is 4.15. The van der Waals surface area contributed by atoms with Gasteiger partial charge in [-0.3, -0.25) is 9.48 Å². The molecule has 1 aromatic heterocycles. The van der Waals surface area contributed by atoms with E-state index in [9.17, 15) is 4.79 Å². The lowest BCUT2D eigenvalue weighted by molar-refractivity contribution is 0.0918. The Morgan fingerprint density at radius 2 is 2.11 bits per heavy atom. The molecule has 1 amide bonds. The summed E-state index contributed by atoms with van der Waals surface area (Å²) in [4.78, 5) is 12.1. The normalized spacial score (nSPS) is 30.4. The zero-order chi connectivity index (χ0) is 12.7. The highest BCUT2D eigenvalue weighted by Crippen LogP contribution is 2.26. The Bertz CT molecular complexity index is 436. The van der Waals surface area contributed by atoms with Crippen LogP contribution in [0.4, 0.5) is 0 Å². The Labute approximate surface area is 107 Å². The monoisotopic (exact) mass is 248 g/mol. The van der Waals surface area contributed by atoms with Gasteiger partial charge < -0.3 is 10.6 Å². The topological polar surface area (TPSA) is 59.0 Å². The lowest BCUT2D eigenvalue weighted by atomic mass is 10.00. The van der Waals surface area contributed by atoms with Crippen molar-refractivity contribution < 1.29 is 4.79 Å². The molecule has 2 bridgehead atoms. The summed E-state index contributed by atoms with van der Waals surface area (Å²) in [6.45, 7) is 1.95. The van der Waals surface area contributed by atoms with Gasteiger partial charge in [-0.15, -0.1) is 0 Å². The number of fused-ring (bicyclic) bond motifs is 2. The number of nitrogens with one attached hydrogen (secondary N) is 2. The van der Waals surface area contributed by atoms with E-state index in [1.165, 1.54) is 12.8 Å². The first kappa shape index (κ1) is 11.7. The fraction of sp³-hybridized carbons (Fsp3) is 0.692. The zero-order valence-corrected chi connectivity index (χ0v) is 10.9. The Morgan fingerprint density at radius 1 is 1.44 bits per heavy atom. The summed E-state index contributed by atoms with van der Waals surface area (Å²) in [5.74, 6) is -0.0370. The van der Waals surface area contributed by atoms with Crippen molar-refractivity contribution in [3.05, 3.63) is 17.5 Å². The van der Waals surface area contributed by atoms with E-state index in [0.29, 0.717) is 23.8 Å². The van der Waals surface area contributed by atoms with Crippen molar-refractivity contribution in [2.75, 3.05) is 0 Å². The third kappa shape index (κ3) is 2.14. The van der Waals surface area contributed by atoms with Crippen LogP contribution < -0.4 is 10.6 Å². The van der Waals surface area contributed by atoms with Crippen molar-refractivity contribution in [3.63, 3.8) is 0 Å². The average Bonchev–Trinajstić information content (AvgIpc) is 2.83. The van der Waals surface area contributed by atoms with Gasteiger partial charge >= 0.3 is 0 Å². The molecule has 2 N–H and O–H groups in total. The molecule has 2 unspecified atom stereocenters. The maximum atomic E-state index is 12.1. The van der Waals surface area contributed by atoms with Crippen molar-refractivity contribution in [1.29, 1.82) is 0 Å². The summed E-state index contributed by atoms with van der Waals surface area (Å²) in [7, 11) is 1.86. The van der Waals surface area contributed by atoms with Gasteiger partial charge in [-0.05, 0) is 38.7 Å². The van der Waals surface area contributed by atoms with Crippen LogP contribution in [0.5, 0.6) is 0 Å². The number of hydrogen-bond acceptors (Lipinski definition) is 3. The first-order valence-electron chi connectivity index (χ1n) is 6.69. The van der Waals surface area contributed by atoms with Gasteiger partial charge in [0.25, 0.3) is 5.91 Å². The summed E-state index contributed by atoms with van der Waals surface area (Å²) in [6.07, 6.45) is 4.60. The molecule has 2 saturated heterocycles. The minimum absolute atomic E-state index is 0.0370. The lowest BCUT2D eigenvalue weighted by Crippen LogP contribution is -2.48. The van der Waals surface area contributed by atoms with Gasteiger partial charge in [0.1, 0.15) is 5.69 Å². The molecule has 18 heavy (non-hydrogen) atoms. The second-order valence-corrected chi connectivity index (χ2v) is 5.57. The van der Waals surface area contributed by atoms with Gasteiger partial charge in [0.2, 0.25) is 0 Å². The van der Waals surface area contributed by atoms with Crippen LogP contribution in [0.15, 0.2) is 6.07 Å². The number of rotatable bonds is 2. The summed E-state index contributed by atoms with van der Waals surface area (Å²) >= 11 is 0. The van der Waals surface area contributed by atoms with E-state index in [1.807, 2.05) is 20.0 Å². The van der Waals surface area contributed by atoms with E-state index in [0.717, 1.165) is 18.5 Å². The van der Waals surface area contributed by atoms with Crippen LogP contribution in [-0.2, 0) is 7.05 Å². The number of carbonyl (C=O) groups is 1. The molecule has 2 aliphatic heterocycles. The summed E-state index contributed by atoms with van der Waals surface area (Å²) in [5, 5.41) is 10.9. The predicted octanol–water partition coefficient (Wildman–Crippen LogP) is 0.741.